The van der Waals surface area contributed by atoms with Crippen LogP contribution in [-0.2, 0) is 16.1 Å². The normalized spacial score (nSPS) is 18.8. The molecule has 0 radical (unpaired) electrons. The van der Waals surface area contributed by atoms with E-state index in [1.54, 1.807) is 18.9 Å². The molecule has 28 heavy (non-hydrogen) atoms. The number of methoxy groups -OCH3 is 1. The molecule has 0 spiro atoms. The van der Waals surface area contributed by atoms with Crippen LogP contribution in [0.5, 0.6) is 5.75 Å². The molecule has 0 saturated carbocycles. The van der Waals surface area contributed by atoms with Crippen molar-refractivity contribution in [3.8, 4) is 5.75 Å². The van der Waals surface area contributed by atoms with E-state index in [9.17, 15) is 9.59 Å². The van der Waals surface area contributed by atoms with Gasteiger partial charge in [-0.15, -0.1) is 0 Å². The summed E-state index contributed by atoms with van der Waals surface area (Å²) in [6.07, 6.45) is 1.52. The highest BCUT2D eigenvalue weighted by atomic mass is 16.6. The lowest BCUT2D eigenvalue weighted by atomic mass is 9.94. The van der Waals surface area contributed by atoms with E-state index in [1.165, 1.54) is 5.56 Å². The van der Waals surface area contributed by atoms with Crippen LogP contribution in [0.1, 0.15) is 25.3 Å². The summed E-state index contributed by atoms with van der Waals surface area (Å²) < 4.78 is 10.2. The fourth-order valence-corrected chi connectivity index (χ4v) is 3.91. The Bertz CT molecular complexity index is 648. The summed E-state index contributed by atoms with van der Waals surface area (Å²) in [5, 5.41) is 0. The van der Waals surface area contributed by atoms with E-state index in [0.717, 1.165) is 38.2 Å². The van der Waals surface area contributed by atoms with Crippen LogP contribution in [0.15, 0.2) is 24.3 Å². The highest BCUT2D eigenvalue weighted by Crippen LogP contribution is 2.22. The molecule has 2 aliphatic rings. The Hall–Kier alpha value is -2.28. The minimum atomic E-state index is -0.276. The molecular weight excluding hydrogens is 358 g/mol. The SMILES string of the molecule is CCOC(=O)N1CCN(C(=O)C2CCN(Cc3ccc(OC)cc3)CC2)CC1. The maximum atomic E-state index is 12.8. The van der Waals surface area contributed by atoms with E-state index in [4.69, 9.17) is 9.47 Å². The van der Waals surface area contributed by atoms with Gasteiger partial charge >= 0.3 is 6.09 Å². The van der Waals surface area contributed by atoms with Gasteiger partial charge in [0.1, 0.15) is 5.75 Å². The van der Waals surface area contributed by atoms with Crippen molar-refractivity contribution in [3.63, 3.8) is 0 Å². The topological polar surface area (TPSA) is 62.3 Å². The average molecular weight is 389 g/mol. The largest absolute Gasteiger partial charge is 0.497 e. The first-order chi connectivity index (χ1) is 13.6. The van der Waals surface area contributed by atoms with Crippen molar-refractivity contribution in [2.75, 3.05) is 53.0 Å². The van der Waals surface area contributed by atoms with Crippen LogP contribution < -0.4 is 4.74 Å². The van der Waals surface area contributed by atoms with Crippen LogP contribution in [-0.4, -0.2) is 79.7 Å². The van der Waals surface area contributed by atoms with Crippen molar-refractivity contribution in [2.45, 2.75) is 26.3 Å². The molecule has 0 N–H and O–H groups in total. The number of nitrogens with zero attached hydrogens (tertiary/aromatic N) is 3. The standard InChI is InChI=1S/C21H31N3O4/c1-3-28-21(26)24-14-12-23(13-15-24)20(25)18-8-10-22(11-9-18)16-17-4-6-19(27-2)7-5-17/h4-7,18H,3,8-16H2,1-2H3. The monoisotopic (exact) mass is 389 g/mol. The van der Waals surface area contributed by atoms with Gasteiger partial charge < -0.3 is 19.3 Å². The Morgan fingerprint density at radius 2 is 1.57 bits per heavy atom. The van der Waals surface area contributed by atoms with Crippen molar-refractivity contribution in [1.29, 1.82) is 0 Å². The molecule has 0 aliphatic carbocycles. The minimum Gasteiger partial charge on any atom is -0.497 e. The van der Waals surface area contributed by atoms with Gasteiger partial charge in [0.15, 0.2) is 0 Å². The van der Waals surface area contributed by atoms with E-state index in [1.807, 2.05) is 17.0 Å². The first kappa shape index (κ1) is 20.5. The molecule has 2 heterocycles. The fraction of sp³-hybridized carbons (Fsp3) is 0.619. The van der Waals surface area contributed by atoms with E-state index < -0.39 is 0 Å². The maximum Gasteiger partial charge on any atom is 0.409 e. The Morgan fingerprint density at radius 1 is 0.964 bits per heavy atom. The number of piperazine rings is 1. The van der Waals surface area contributed by atoms with E-state index in [2.05, 4.69) is 17.0 Å². The second-order valence-corrected chi connectivity index (χ2v) is 7.41. The predicted octanol–water partition coefficient (Wildman–Crippen LogP) is 2.21. The van der Waals surface area contributed by atoms with E-state index >= 15 is 0 Å². The quantitative estimate of drug-likeness (QED) is 0.773. The van der Waals surface area contributed by atoms with Crippen LogP contribution in [0.4, 0.5) is 4.79 Å². The van der Waals surface area contributed by atoms with Gasteiger partial charge in [-0.3, -0.25) is 9.69 Å². The van der Waals surface area contributed by atoms with Crippen LogP contribution in [0.2, 0.25) is 0 Å². The minimum absolute atomic E-state index is 0.0984. The highest BCUT2D eigenvalue weighted by Gasteiger charge is 2.31. The van der Waals surface area contributed by atoms with Crippen molar-refractivity contribution in [2.24, 2.45) is 5.92 Å². The summed E-state index contributed by atoms with van der Waals surface area (Å²) in [5.41, 5.74) is 1.26. The average Bonchev–Trinajstić information content (AvgIpc) is 2.74. The van der Waals surface area contributed by atoms with Gasteiger partial charge in [0.2, 0.25) is 5.91 Å². The Morgan fingerprint density at radius 3 is 2.14 bits per heavy atom. The molecule has 154 valence electrons. The van der Waals surface area contributed by atoms with Crippen molar-refractivity contribution in [3.05, 3.63) is 29.8 Å². The number of hydrogen-bond acceptors (Lipinski definition) is 5. The summed E-state index contributed by atoms with van der Waals surface area (Å²) in [7, 11) is 1.67. The van der Waals surface area contributed by atoms with Crippen LogP contribution in [0.3, 0.4) is 0 Å². The molecule has 2 amide bonds. The number of amides is 2. The first-order valence-electron chi connectivity index (χ1n) is 10.2. The second kappa shape index (κ2) is 9.78. The summed E-state index contributed by atoms with van der Waals surface area (Å²) in [6.45, 7) is 7.28. The van der Waals surface area contributed by atoms with Gasteiger partial charge in [0, 0.05) is 38.6 Å². The zero-order chi connectivity index (χ0) is 19.9. The Kier molecular flexibility index (Phi) is 7.14. The van der Waals surface area contributed by atoms with Crippen molar-refractivity contribution < 1.29 is 19.1 Å². The van der Waals surface area contributed by atoms with Gasteiger partial charge in [0.05, 0.1) is 13.7 Å². The summed E-state index contributed by atoms with van der Waals surface area (Å²) in [5.74, 6) is 1.21. The van der Waals surface area contributed by atoms with Crippen LogP contribution >= 0.6 is 0 Å². The molecule has 7 heteroatoms. The third-order valence-electron chi connectivity index (χ3n) is 5.62. The third-order valence-corrected chi connectivity index (χ3v) is 5.62. The Balaban J connectivity index is 1.42. The molecule has 1 aromatic carbocycles. The number of carbonyl (C=O) groups is 2. The van der Waals surface area contributed by atoms with Crippen LogP contribution in [0.25, 0.3) is 0 Å². The number of carbonyl (C=O) groups excluding carboxylic acids is 2. The van der Waals surface area contributed by atoms with E-state index in [0.29, 0.717) is 32.8 Å². The smallest absolute Gasteiger partial charge is 0.409 e. The van der Waals surface area contributed by atoms with Crippen molar-refractivity contribution >= 4 is 12.0 Å². The molecule has 1 aromatic rings. The molecular formula is C21H31N3O4. The summed E-state index contributed by atoms with van der Waals surface area (Å²) in [4.78, 5) is 30.6. The number of benzene rings is 1. The molecule has 2 saturated heterocycles. The van der Waals surface area contributed by atoms with Crippen molar-refractivity contribution in [1.82, 2.24) is 14.7 Å². The number of hydrogen-bond donors (Lipinski definition) is 0. The fourth-order valence-electron chi connectivity index (χ4n) is 3.91. The number of likely N-dealkylation sites (tertiary alicyclic amines) is 1. The number of rotatable bonds is 5. The molecule has 7 nitrogen and oxygen atoms in total. The predicted molar refractivity (Wildman–Crippen MR) is 106 cm³/mol. The van der Waals surface area contributed by atoms with Gasteiger partial charge in [-0.05, 0) is 50.6 Å². The molecule has 2 aliphatic heterocycles. The molecule has 2 fully saturated rings. The van der Waals surface area contributed by atoms with Gasteiger partial charge in [-0.2, -0.15) is 0 Å². The van der Waals surface area contributed by atoms with E-state index in [-0.39, 0.29) is 17.9 Å². The van der Waals surface area contributed by atoms with Gasteiger partial charge in [0.25, 0.3) is 0 Å². The second-order valence-electron chi connectivity index (χ2n) is 7.41. The molecule has 0 bridgehead atoms. The Labute approximate surface area is 167 Å². The van der Waals surface area contributed by atoms with Gasteiger partial charge in [-0.1, -0.05) is 12.1 Å². The lowest BCUT2D eigenvalue weighted by Crippen LogP contribution is -2.53. The third kappa shape index (κ3) is 5.16. The number of piperidine rings is 1. The maximum absolute atomic E-state index is 12.8. The molecule has 0 atom stereocenters. The summed E-state index contributed by atoms with van der Waals surface area (Å²) >= 11 is 0. The molecule has 0 aromatic heterocycles. The molecule has 0 unspecified atom stereocenters. The van der Waals surface area contributed by atoms with Gasteiger partial charge in [-0.25, -0.2) is 4.79 Å². The first-order valence-corrected chi connectivity index (χ1v) is 10.2. The van der Waals surface area contributed by atoms with Crippen LogP contribution in [0, 0.1) is 5.92 Å². The summed E-state index contributed by atoms with van der Waals surface area (Å²) in [6, 6.07) is 8.17. The lowest BCUT2D eigenvalue weighted by Gasteiger charge is -2.38. The zero-order valence-electron chi connectivity index (χ0n) is 16.9. The number of ether oxygens (including phenoxy) is 2. The lowest BCUT2D eigenvalue weighted by molar-refractivity contribution is -0.138. The highest BCUT2D eigenvalue weighted by molar-refractivity contribution is 5.79. The molecule has 3 rings (SSSR count). The zero-order valence-corrected chi connectivity index (χ0v) is 16.9.